The number of benzene rings is 1. The molecule has 1 heterocycles. The quantitative estimate of drug-likeness (QED) is 0.851. The molecule has 0 atom stereocenters. The molecule has 0 bridgehead atoms. The van der Waals surface area contributed by atoms with E-state index in [-0.39, 0.29) is 6.61 Å². The zero-order valence-electron chi connectivity index (χ0n) is 10.7. The van der Waals surface area contributed by atoms with Gasteiger partial charge in [0.2, 0.25) is 0 Å². The molecule has 2 N–H and O–H groups in total. The average molecular weight is 246 g/mol. The van der Waals surface area contributed by atoms with Gasteiger partial charge in [-0.3, -0.25) is 0 Å². The number of rotatable bonds is 5. The average Bonchev–Trinajstić information content (AvgIpc) is 2.39. The molecular weight excluding hydrogens is 228 g/mol. The Morgan fingerprint density at radius 1 is 1.28 bits per heavy atom. The molecule has 1 aromatic heterocycles. The molecule has 0 saturated carbocycles. The highest BCUT2D eigenvalue weighted by Gasteiger charge is 2.06. The van der Waals surface area contributed by atoms with Crippen molar-refractivity contribution < 1.29 is 9.84 Å². The number of fused-ring (bicyclic) bond motifs is 1. The van der Waals surface area contributed by atoms with Crippen LogP contribution in [-0.4, -0.2) is 23.2 Å². The first-order valence-corrected chi connectivity index (χ1v) is 6.19. The number of pyridine rings is 1. The van der Waals surface area contributed by atoms with E-state index < -0.39 is 0 Å². The van der Waals surface area contributed by atoms with E-state index in [2.05, 4.69) is 10.3 Å². The van der Waals surface area contributed by atoms with Crippen molar-refractivity contribution in [1.82, 2.24) is 4.98 Å². The Bertz CT molecular complexity index is 541. The van der Waals surface area contributed by atoms with E-state index in [0.29, 0.717) is 6.61 Å². The van der Waals surface area contributed by atoms with Gasteiger partial charge in [-0.25, -0.2) is 4.98 Å². The van der Waals surface area contributed by atoms with Gasteiger partial charge < -0.3 is 15.2 Å². The second-order valence-electron chi connectivity index (χ2n) is 3.97. The van der Waals surface area contributed by atoms with Crippen LogP contribution in [0, 0.1) is 0 Å². The van der Waals surface area contributed by atoms with E-state index in [4.69, 9.17) is 4.74 Å². The van der Waals surface area contributed by atoms with Crippen molar-refractivity contribution in [3.8, 4) is 5.75 Å². The van der Waals surface area contributed by atoms with Crippen LogP contribution in [0.4, 0.5) is 5.82 Å². The van der Waals surface area contributed by atoms with Crippen LogP contribution in [0.25, 0.3) is 10.9 Å². The highest BCUT2D eigenvalue weighted by atomic mass is 16.5. The van der Waals surface area contributed by atoms with E-state index in [1.54, 1.807) is 0 Å². The monoisotopic (exact) mass is 246 g/mol. The lowest BCUT2D eigenvalue weighted by atomic mass is 10.1. The summed E-state index contributed by atoms with van der Waals surface area (Å²) in [6, 6.07) is 7.74. The lowest BCUT2D eigenvalue weighted by Crippen LogP contribution is -2.04. The number of nitrogens with one attached hydrogen (secondary N) is 1. The van der Waals surface area contributed by atoms with Gasteiger partial charge in [0.25, 0.3) is 0 Å². The molecule has 0 aliphatic carbocycles. The minimum Gasteiger partial charge on any atom is -0.494 e. The summed E-state index contributed by atoms with van der Waals surface area (Å²) in [5.41, 5.74) is 1.70. The van der Waals surface area contributed by atoms with E-state index in [1.807, 2.05) is 38.1 Å². The fraction of sp³-hybridized carbons (Fsp3) is 0.357. The maximum atomic E-state index is 9.37. The van der Waals surface area contributed by atoms with E-state index >= 15 is 0 Å². The van der Waals surface area contributed by atoms with Crippen molar-refractivity contribution in [3.63, 3.8) is 0 Å². The predicted octanol–water partition coefficient (Wildman–Crippen LogP) is 2.56. The zero-order chi connectivity index (χ0) is 13.0. The van der Waals surface area contributed by atoms with Gasteiger partial charge in [0.15, 0.2) is 0 Å². The summed E-state index contributed by atoms with van der Waals surface area (Å²) in [4.78, 5) is 4.51. The first-order valence-electron chi connectivity index (χ1n) is 6.19. The van der Waals surface area contributed by atoms with Crippen LogP contribution in [-0.2, 0) is 6.61 Å². The van der Waals surface area contributed by atoms with Crippen LogP contribution >= 0.6 is 0 Å². The van der Waals surface area contributed by atoms with Crippen molar-refractivity contribution in [2.45, 2.75) is 20.5 Å². The Morgan fingerprint density at radius 3 is 2.78 bits per heavy atom. The second kappa shape index (κ2) is 5.69. The van der Waals surface area contributed by atoms with Crippen LogP contribution in [0.15, 0.2) is 24.3 Å². The Morgan fingerprint density at radius 2 is 2.11 bits per heavy atom. The fourth-order valence-corrected chi connectivity index (χ4v) is 1.90. The molecule has 0 fully saturated rings. The second-order valence-corrected chi connectivity index (χ2v) is 3.97. The lowest BCUT2D eigenvalue weighted by molar-refractivity contribution is 0.282. The minimum atomic E-state index is -0.0237. The Hall–Kier alpha value is -1.81. The molecule has 4 nitrogen and oxygen atoms in total. The van der Waals surface area contributed by atoms with Crippen molar-refractivity contribution in [1.29, 1.82) is 0 Å². The number of aromatic nitrogens is 1. The number of ether oxygens (including phenoxy) is 1. The normalized spacial score (nSPS) is 10.6. The van der Waals surface area contributed by atoms with E-state index in [9.17, 15) is 5.11 Å². The summed E-state index contributed by atoms with van der Waals surface area (Å²) in [5.74, 6) is 1.57. The molecule has 0 aliphatic heterocycles. The number of anilines is 1. The molecule has 0 saturated heterocycles. The number of hydrogen-bond donors (Lipinski definition) is 2. The molecule has 1 aromatic carbocycles. The van der Waals surface area contributed by atoms with Gasteiger partial charge in [-0.15, -0.1) is 0 Å². The molecule has 2 aromatic rings. The summed E-state index contributed by atoms with van der Waals surface area (Å²) in [6.07, 6.45) is 0. The Balaban J connectivity index is 2.49. The summed E-state index contributed by atoms with van der Waals surface area (Å²) in [5, 5.41) is 13.5. The number of nitrogens with zero attached hydrogens (tertiary/aromatic N) is 1. The third kappa shape index (κ3) is 2.54. The van der Waals surface area contributed by atoms with Crippen molar-refractivity contribution >= 4 is 16.7 Å². The molecule has 96 valence electrons. The molecule has 0 radical (unpaired) electrons. The molecule has 0 aliphatic rings. The Labute approximate surface area is 107 Å². The van der Waals surface area contributed by atoms with Gasteiger partial charge in [0, 0.05) is 17.5 Å². The number of aliphatic hydroxyl groups is 1. The third-order valence-corrected chi connectivity index (χ3v) is 2.69. The minimum absolute atomic E-state index is 0.0237. The summed E-state index contributed by atoms with van der Waals surface area (Å²) in [6.45, 7) is 5.36. The standard InChI is InChI=1S/C14H18N2O2/c1-3-15-14-11(9-17)7-10-8-12(18-4-2)5-6-13(10)16-14/h5-8,17H,3-4,9H2,1-2H3,(H,15,16). The molecule has 0 unspecified atom stereocenters. The fourth-order valence-electron chi connectivity index (χ4n) is 1.90. The van der Waals surface area contributed by atoms with Crippen molar-refractivity contribution in [3.05, 3.63) is 29.8 Å². The summed E-state index contributed by atoms with van der Waals surface area (Å²) in [7, 11) is 0. The maximum Gasteiger partial charge on any atom is 0.132 e. The van der Waals surface area contributed by atoms with E-state index in [1.165, 1.54) is 0 Å². The molecular formula is C14H18N2O2. The molecule has 18 heavy (non-hydrogen) atoms. The van der Waals surface area contributed by atoms with Gasteiger partial charge in [-0.1, -0.05) is 0 Å². The highest BCUT2D eigenvalue weighted by Crippen LogP contribution is 2.24. The zero-order valence-corrected chi connectivity index (χ0v) is 10.7. The summed E-state index contributed by atoms with van der Waals surface area (Å²) < 4.78 is 5.46. The lowest BCUT2D eigenvalue weighted by Gasteiger charge is -2.10. The molecule has 4 heteroatoms. The predicted molar refractivity (Wildman–Crippen MR) is 73.0 cm³/mol. The SMILES string of the molecule is CCNc1nc2ccc(OCC)cc2cc1CO. The van der Waals surface area contributed by atoms with Crippen LogP contribution in [0.5, 0.6) is 5.75 Å². The molecule has 2 rings (SSSR count). The first kappa shape index (κ1) is 12.6. The van der Waals surface area contributed by atoms with Gasteiger partial charge >= 0.3 is 0 Å². The largest absolute Gasteiger partial charge is 0.494 e. The van der Waals surface area contributed by atoms with E-state index in [0.717, 1.165) is 34.6 Å². The van der Waals surface area contributed by atoms with Gasteiger partial charge in [0.1, 0.15) is 11.6 Å². The van der Waals surface area contributed by atoms with Crippen LogP contribution in [0.1, 0.15) is 19.4 Å². The van der Waals surface area contributed by atoms with Crippen LogP contribution < -0.4 is 10.1 Å². The van der Waals surface area contributed by atoms with Gasteiger partial charge in [-0.2, -0.15) is 0 Å². The van der Waals surface area contributed by atoms with Gasteiger partial charge in [0.05, 0.1) is 18.7 Å². The molecule has 0 spiro atoms. The van der Waals surface area contributed by atoms with Crippen LogP contribution in [0.2, 0.25) is 0 Å². The number of aliphatic hydroxyl groups excluding tert-OH is 1. The van der Waals surface area contributed by atoms with Crippen molar-refractivity contribution in [2.24, 2.45) is 0 Å². The topological polar surface area (TPSA) is 54.4 Å². The van der Waals surface area contributed by atoms with Gasteiger partial charge in [-0.05, 0) is 38.1 Å². The molecule has 0 amide bonds. The third-order valence-electron chi connectivity index (χ3n) is 2.69. The smallest absolute Gasteiger partial charge is 0.132 e. The van der Waals surface area contributed by atoms with Crippen molar-refractivity contribution in [2.75, 3.05) is 18.5 Å². The maximum absolute atomic E-state index is 9.37. The first-order chi connectivity index (χ1) is 8.78. The summed E-state index contributed by atoms with van der Waals surface area (Å²) >= 11 is 0. The number of hydrogen-bond acceptors (Lipinski definition) is 4. The van der Waals surface area contributed by atoms with Crippen LogP contribution in [0.3, 0.4) is 0 Å². The Kier molecular flexibility index (Phi) is 3.99. The highest BCUT2D eigenvalue weighted by molar-refractivity contribution is 5.83.